The predicted octanol–water partition coefficient (Wildman–Crippen LogP) is 1.18. The van der Waals surface area contributed by atoms with E-state index in [2.05, 4.69) is 10.2 Å². The van der Waals surface area contributed by atoms with Gasteiger partial charge in [0.25, 0.3) is 0 Å². The second-order valence-corrected chi connectivity index (χ2v) is 4.70. The van der Waals surface area contributed by atoms with Crippen LogP contribution in [0.2, 0.25) is 0 Å². The zero-order chi connectivity index (χ0) is 14.0. The number of aliphatic carboxylic acids is 1. The van der Waals surface area contributed by atoms with E-state index in [9.17, 15) is 14.0 Å². The van der Waals surface area contributed by atoms with Gasteiger partial charge in [-0.05, 0) is 24.6 Å². The van der Waals surface area contributed by atoms with Crippen LogP contribution in [0.4, 0.5) is 4.39 Å². The minimum Gasteiger partial charge on any atom is -0.481 e. The van der Waals surface area contributed by atoms with Crippen molar-refractivity contribution in [1.29, 1.82) is 0 Å². The fourth-order valence-electron chi connectivity index (χ4n) is 1.54. The molecule has 0 aliphatic carbocycles. The molecule has 19 heavy (non-hydrogen) atoms. The number of halogens is 1. The number of rotatable bonds is 4. The van der Waals surface area contributed by atoms with Crippen LogP contribution in [0, 0.1) is 12.7 Å². The van der Waals surface area contributed by atoms with Gasteiger partial charge in [-0.1, -0.05) is 17.8 Å². The van der Waals surface area contributed by atoms with Gasteiger partial charge in [-0.2, -0.15) is 0 Å². The van der Waals surface area contributed by atoms with Crippen molar-refractivity contribution in [3.05, 3.63) is 40.1 Å². The number of aromatic amines is 1. The molecule has 2 rings (SSSR count). The SMILES string of the molecule is Cc1ccc(F)cc1-n1c(SCC(=O)O)n[nH]c1=O. The van der Waals surface area contributed by atoms with E-state index in [0.717, 1.165) is 16.3 Å². The second-order valence-electron chi connectivity index (χ2n) is 3.76. The maximum Gasteiger partial charge on any atom is 0.348 e. The molecular weight excluding hydrogens is 273 g/mol. The minimum absolute atomic E-state index is 0.182. The fourth-order valence-corrected chi connectivity index (χ4v) is 2.21. The van der Waals surface area contributed by atoms with Crippen LogP contribution in [0.1, 0.15) is 5.56 Å². The van der Waals surface area contributed by atoms with Crippen molar-refractivity contribution in [2.24, 2.45) is 0 Å². The molecule has 0 fully saturated rings. The molecule has 0 radical (unpaired) electrons. The number of hydrogen-bond acceptors (Lipinski definition) is 4. The molecule has 2 N–H and O–H groups in total. The highest BCUT2D eigenvalue weighted by atomic mass is 32.2. The Labute approximate surface area is 111 Å². The molecule has 0 spiro atoms. The number of aromatic nitrogens is 3. The van der Waals surface area contributed by atoms with Gasteiger partial charge in [-0.3, -0.25) is 4.79 Å². The monoisotopic (exact) mass is 283 g/mol. The van der Waals surface area contributed by atoms with Crippen LogP contribution in [-0.2, 0) is 4.79 Å². The number of carboxylic acids is 1. The number of thioether (sulfide) groups is 1. The van der Waals surface area contributed by atoms with Crippen LogP contribution >= 0.6 is 11.8 Å². The lowest BCUT2D eigenvalue weighted by molar-refractivity contribution is -0.133. The van der Waals surface area contributed by atoms with Crippen LogP contribution in [0.5, 0.6) is 0 Å². The average Bonchev–Trinajstić information content (AvgIpc) is 2.71. The average molecular weight is 283 g/mol. The van der Waals surface area contributed by atoms with Gasteiger partial charge in [-0.25, -0.2) is 18.9 Å². The van der Waals surface area contributed by atoms with Crippen LogP contribution in [0.3, 0.4) is 0 Å². The lowest BCUT2D eigenvalue weighted by atomic mass is 10.2. The third-order valence-corrected chi connectivity index (χ3v) is 3.30. The molecule has 0 bridgehead atoms. The molecule has 2 aromatic rings. The summed E-state index contributed by atoms with van der Waals surface area (Å²) in [5.41, 5.74) is 0.482. The number of benzene rings is 1. The molecular formula is C11H10FN3O3S. The van der Waals surface area contributed by atoms with Gasteiger partial charge in [0.2, 0.25) is 0 Å². The molecule has 6 nitrogen and oxygen atoms in total. The Bertz CT molecular complexity index is 680. The first kappa shape index (κ1) is 13.3. The third kappa shape index (κ3) is 2.84. The summed E-state index contributed by atoms with van der Waals surface area (Å²) >= 11 is 0.884. The number of nitrogens with zero attached hydrogens (tertiary/aromatic N) is 2. The predicted molar refractivity (Wildman–Crippen MR) is 67.2 cm³/mol. The summed E-state index contributed by atoms with van der Waals surface area (Å²) in [6.07, 6.45) is 0. The van der Waals surface area contributed by atoms with Crippen LogP contribution in [0.15, 0.2) is 28.2 Å². The van der Waals surface area contributed by atoms with Crippen molar-refractivity contribution in [1.82, 2.24) is 14.8 Å². The van der Waals surface area contributed by atoms with Crippen molar-refractivity contribution >= 4 is 17.7 Å². The van der Waals surface area contributed by atoms with Gasteiger partial charge in [0, 0.05) is 0 Å². The first-order valence-electron chi connectivity index (χ1n) is 5.27. The number of hydrogen-bond donors (Lipinski definition) is 2. The second kappa shape index (κ2) is 5.27. The molecule has 0 aliphatic rings. The Morgan fingerprint density at radius 2 is 2.32 bits per heavy atom. The Balaban J connectivity index is 2.49. The summed E-state index contributed by atoms with van der Waals surface area (Å²) in [7, 11) is 0. The van der Waals surface area contributed by atoms with E-state index in [1.165, 1.54) is 18.2 Å². The molecule has 1 aromatic heterocycles. The molecule has 0 saturated carbocycles. The van der Waals surface area contributed by atoms with E-state index in [1.807, 2.05) is 0 Å². The number of H-pyrrole nitrogens is 1. The number of aryl methyl sites for hydroxylation is 1. The number of nitrogens with one attached hydrogen (secondary N) is 1. The summed E-state index contributed by atoms with van der Waals surface area (Å²) in [4.78, 5) is 22.3. The van der Waals surface area contributed by atoms with Crippen molar-refractivity contribution in [2.45, 2.75) is 12.1 Å². The third-order valence-electron chi connectivity index (χ3n) is 2.38. The Hall–Kier alpha value is -2.09. The zero-order valence-corrected chi connectivity index (χ0v) is 10.7. The molecule has 1 heterocycles. The van der Waals surface area contributed by atoms with Crippen molar-refractivity contribution in [2.75, 3.05) is 5.75 Å². The maximum atomic E-state index is 13.3. The molecule has 100 valence electrons. The summed E-state index contributed by atoms with van der Waals surface area (Å²) in [6.45, 7) is 1.72. The lowest BCUT2D eigenvalue weighted by Crippen LogP contribution is -2.17. The molecule has 0 amide bonds. The Kier molecular flexibility index (Phi) is 3.70. The van der Waals surface area contributed by atoms with Gasteiger partial charge >= 0.3 is 11.7 Å². The van der Waals surface area contributed by atoms with E-state index < -0.39 is 17.5 Å². The van der Waals surface area contributed by atoms with Crippen LogP contribution < -0.4 is 5.69 Å². The van der Waals surface area contributed by atoms with Gasteiger partial charge in [0.15, 0.2) is 5.16 Å². The van der Waals surface area contributed by atoms with E-state index in [-0.39, 0.29) is 10.9 Å². The van der Waals surface area contributed by atoms with Crippen LogP contribution in [-0.4, -0.2) is 31.6 Å². The van der Waals surface area contributed by atoms with E-state index in [1.54, 1.807) is 6.92 Å². The smallest absolute Gasteiger partial charge is 0.348 e. The number of carbonyl (C=O) groups is 1. The topological polar surface area (TPSA) is 88.0 Å². The molecule has 0 atom stereocenters. The van der Waals surface area contributed by atoms with E-state index >= 15 is 0 Å². The highest BCUT2D eigenvalue weighted by molar-refractivity contribution is 7.99. The highest BCUT2D eigenvalue weighted by Crippen LogP contribution is 2.20. The van der Waals surface area contributed by atoms with Gasteiger partial charge in [-0.15, -0.1) is 5.10 Å². The summed E-state index contributed by atoms with van der Waals surface area (Å²) < 4.78 is 14.4. The van der Waals surface area contributed by atoms with Crippen molar-refractivity contribution < 1.29 is 14.3 Å². The summed E-state index contributed by atoms with van der Waals surface area (Å²) in [5, 5.41) is 14.8. The first-order valence-corrected chi connectivity index (χ1v) is 6.26. The van der Waals surface area contributed by atoms with Gasteiger partial charge in [0.05, 0.1) is 11.4 Å². The largest absolute Gasteiger partial charge is 0.481 e. The van der Waals surface area contributed by atoms with Gasteiger partial charge < -0.3 is 5.11 Å². The van der Waals surface area contributed by atoms with Crippen molar-refractivity contribution in [3.8, 4) is 5.69 Å². The van der Waals surface area contributed by atoms with Crippen molar-refractivity contribution in [3.63, 3.8) is 0 Å². The quantitative estimate of drug-likeness (QED) is 0.823. The first-order chi connectivity index (χ1) is 8.99. The Morgan fingerprint density at radius 1 is 1.58 bits per heavy atom. The number of carboxylic acid groups (broad SMARTS) is 1. The molecule has 0 unspecified atom stereocenters. The Morgan fingerprint density at radius 3 is 3.00 bits per heavy atom. The zero-order valence-electron chi connectivity index (χ0n) is 9.88. The minimum atomic E-state index is -1.03. The summed E-state index contributed by atoms with van der Waals surface area (Å²) in [5.74, 6) is -1.75. The fraction of sp³-hybridized carbons (Fsp3) is 0.182. The molecule has 1 aromatic carbocycles. The lowest BCUT2D eigenvalue weighted by Gasteiger charge is -2.07. The van der Waals surface area contributed by atoms with E-state index in [0.29, 0.717) is 11.3 Å². The standard InChI is InChI=1S/C11H10FN3O3S/c1-6-2-3-7(12)4-8(6)15-10(18)13-14-11(15)19-5-9(16)17/h2-4H,5H2,1H3,(H,13,18)(H,16,17). The van der Waals surface area contributed by atoms with Gasteiger partial charge in [0.1, 0.15) is 5.82 Å². The highest BCUT2D eigenvalue weighted by Gasteiger charge is 2.14. The van der Waals surface area contributed by atoms with E-state index in [4.69, 9.17) is 5.11 Å². The molecule has 8 heteroatoms. The normalized spacial score (nSPS) is 10.6. The summed E-state index contributed by atoms with van der Waals surface area (Å²) in [6, 6.07) is 4.03. The molecule has 0 aliphatic heterocycles. The maximum absolute atomic E-state index is 13.3. The van der Waals surface area contributed by atoms with Crippen LogP contribution in [0.25, 0.3) is 5.69 Å². The molecule has 0 saturated heterocycles.